The van der Waals surface area contributed by atoms with E-state index in [0.717, 1.165) is 17.7 Å². The van der Waals surface area contributed by atoms with Crippen molar-refractivity contribution in [3.05, 3.63) is 59.9 Å². The lowest BCUT2D eigenvalue weighted by molar-refractivity contribution is 0.0955. The first-order valence-electron chi connectivity index (χ1n) is 8.26. The lowest BCUT2D eigenvalue weighted by Gasteiger charge is -2.06. The molecule has 5 nitrogen and oxygen atoms in total. The fraction of sp³-hybridized carbons (Fsp3) is 0.316. The van der Waals surface area contributed by atoms with Crippen molar-refractivity contribution in [1.29, 1.82) is 0 Å². The molecule has 24 heavy (non-hydrogen) atoms. The minimum atomic E-state index is -0.260. The molecule has 1 aromatic carbocycles. The van der Waals surface area contributed by atoms with E-state index in [0.29, 0.717) is 12.2 Å². The van der Waals surface area contributed by atoms with Crippen molar-refractivity contribution in [1.82, 2.24) is 10.4 Å². The van der Waals surface area contributed by atoms with Crippen LogP contribution in [0.2, 0.25) is 0 Å². The summed E-state index contributed by atoms with van der Waals surface area (Å²) in [6.45, 7) is 2.90. The summed E-state index contributed by atoms with van der Waals surface area (Å²) in [7, 11) is 0. The minimum absolute atomic E-state index is 0.260. The van der Waals surface area contributed by atoms with Gasteiger partial charge in [-0.1, -0.05) is 32.3 Å². The number of nitrogens with zero attached hydrogens (tertiary/aromatic N) is 2. The highest BCUT2D eigenvalue weighted by Gasteiger charge is 2.04. The van der Waals surface area contributed by atoms with Gasteiger partial charge < -0.3 is 4.74 Å². The van der Waals surface area contributed by atoms with Crippen LogP contribution >= 0.6 is 0 Å². The third-order valence-electron chi connectivity index (χ3n) is 3.45. The first-order chi connectivity index (χ1) is 11.8. The van der Waals surface area contributed by atoms with Gasteiger partial charge in [-0.05, 0) is 36.8 Å². The van der Waals surface area contributed by atoms with Crippen molar-refractivity contribution >= 4 is 12.1 Å². The van der Waals surface area contributed by atoms with Crippen LogP contribution in [0.4, 0.5) is 0 Å². The average Bonchev–Trinajstić information content (AvgIpc) is 2.63. The van der Waals surface area contributed by atoms with E-state index in [1.165, 1.54) is 19.3 Å². The monoisotopic (exact) mass is 325 g/mol. The average molecular weight is 325 g/mol. The van der Waals surface area contributed by atoms with Gasteiger partial charge in [-0.2, -0.15) is 5.10 Å². The summed E-state index contributed by atoms with van der Waals surface area (Å²) < 4.78 is 5.66. The Labute approximate surface area is 142 Å². The second-order valence-corrected chi connectivity index (χ2v) is 5.42. The summed E-state index contributed by atoms with van der Waals surface area (Å²) in [4.78, 5) is 16.0. The second-order valence-electron chi connectivity index (χ2n) is 5.42. The SMILES string of the molecule is CCCCCCOc1ccc(C(=O)NN=Cc2cccnc2)cc1. The van der Waals surface area contributed by atoms with Crippen molar-refractivity contribution in [3.8, 4) is 5.75 Å². The Morgan fingerprint density at radius 1 is 1.21 bits per heavy atom. The maximum atomic E-state index is 12.0. The maximum absolute atomic E-state index is 12.0. The zero-order valence-electron chi connectivity index (χ0n) is 13.9. The molecule has 0 atom stereocenters. The molecule has 0 aliphatic rings. The molecule has 1 N–H and O–H groups in total. The van der Waals surface area contributed by atoms with E-state index in [1.54, 1.807) is 42.9 Å². The van der Waals surface area contributed by atoms with Crippen LogP contribution in [0.15, 0.2) is 53.9 Å². The van der Waals surface area contributed by atoms with Crippen LogP contribution in [0.1, 0.15) is 48.5 Å². The molecule has 1 amide bonds. The number of hydrazone groups is 1. The smallest absolute Gasteiger partial charge is 0.271 e. The number of rotatable bonds is 9. The molecule has 0 saturated heterocycles. The van der Waals surface area contributed by atoms with Gasteiger partial charge in [0.2, 0.25) is 0 Å². The molecule has 0 aliphatic heterocycles. The molecule has 126 valence electrons. The van der Waals surface area contributed by atoms with Crippen molar-refractivity contribution in [2.45, 2.75) is 32.6 Å². The van der Waals surface area contributed by atoms with Crippen LogP contribution in [-0.4, -0.2) is 23.7 Å². The minimum Gasteiger partial charge on any atom is -0.494 e. The number of hydrogen-bond donors (Lipinski definition) is 1. The quantitative estimate of drug-likeness (QED) is 0.433. The molecule has 1 aromatic heterocycles. The summed E-state index contributed by atoms with van der Waals surface area (Å²) >= 11 is 0. The lowest BCUT2D eigenvalue weighted by atomic mass is 10.2. The van der Waals surface area contributed by atoms with Gasteiger partial charge in [0.25, 0.3) is 5.91 Å². The predicted molar refractivity (Wildman–Crippen MR) is 95.4 cm³/mol. The van der Waals surface area contributed by atoms with E-state index in [4.69, 9.17) is 4.74 Å². The molecule has 0 aliphatic carbocycles. The highest BCUT2D eigenvalue weighted by molar-refractivity contribution is 5.94. The summed E-state index contributed by atoms with van der Waals surface area (Å²) in [5.74, 6) is 0.520. The zero-order chi connectivity index (χ0) is 17.0. The number of carbonyl (C=O) groups is 1. The lowest BCUT2D eigenvalue weighted by Crippen LogP contribution is -2.17. The molecule has 0 saturated carbocycles. The highest BCUT2D eigenvalue weighted by atomic mass is 16.5. The molecule has 0 bridgehead atoms. The zero-order valence-corrected chi connectivity index (χ0v) is 13.9. The standard InChI is InChI=1S/C19H23N3O2/c1-2-3-4-5-13-24-18-10-8-17(9-11-18)19(23)22-21-15-16-7-6-12-20-14-16/h6-12,14-15H,2-5,13H2,1H3,(H,22,23). The number of aromatic nitrogens is 1. The van der Waals surface area contributed by atoms with Crippen LogP contribution in [0.25, 0.3) is 0 Å². The van der Waals surface area contributed by atoms with Gasteiger partial charge in [0.05, 0.1) is 12.8 Å². The third kappa shape index (κ3) is 6.20. The molecule has 0 fully saturated rings. The number of unbranched alkanes of at least 4 members (excludes halogenated alkanes) is 3. The van der Waals surface area contributed by atoms with E-state index in [2.05, 4.69) is 22.4 Å². The number of pyridine rings is 1. The summed E-state index contributed by atoms with van der Waals surface area (Å²) in [6, 6.07) is 10.7. The highest BCUT2D eigenvalue weighted by Crippen LogP contribution is 2.13. The van der Waals surface area contributed by atoms with E-state index < -0.39 is 0 Å². The van der Waals surface area contributed by atoms with Crippen molar-refractivity contribution < 1.29 is 9.53 Å². The van der Waals surface area contributed by atoms with Crippen LogP contribution in [-0.2, 0) is 0 Å². The normalized spacial score (nSPS) is 10.7. The molecule has 0 radical (unpaired) electrons. The molecular formula is C19H23N3O2. The Morgan fingerprint density at radius 3 is 2.75 bits per heavy atom. The number of amides is 1. The van der Waals surface area contributed by atoms with Crippen molar-refractivity contribution in [3.63, 3.8) is 0 Å². The van der Waals surface area contributed by atoms with Crippen molar-refractivity contribution in [2.75, 3.05) is 6.61 Å². The summed E-state index contributed by atoms with van der Waals surface area (Å²) in [5.41, 5.74) is 3.86. The Bertz CT molecular complexity index is 639. The van der Waals surface area contributed by atoms with Crippen molar-refractivity contribution in [2.24, 2.45) is 5.10 Å². The summed E-state index contributed by atoms with van der Waals surface area (Å²) in [6.07, 6.45) is 9.60. The summed E-state index contributed by atoms with van der Waals surface area (Å²) in [5, 5.41) is 3.92. The Hall–Kier alpha value is -2.69. The largest absolute Gasteiger partial charge is 0.494 e. The van der Waals surface area contributed by atoms with Crippen LogP contribution in [0.5, 0.6) is 5.75 Å². The van der Waals surface area contributed by atoms with Gasteiger partial charge >= 0.3 is 0 Å². The molecule has 5 heteroatoms. The van der Waals surface area contributed by atoms with Gasteiger partial charge in [-0.15, -0.1) is 0 Å². The second kappa shape index (κ2) is 10.2. The molecular weight excluding hydrogens is 302 g/mol. The van der Waals surface area contributed by atoms with E-state index in [-0.39, 0.29) is 5.91 Å². The molecule has 2 rings (SSSR count). The number of nitrogens with one attached hydrogen (secondary N) is 1. The van der Waals surface area contributed by atoms with Gasteiger partial charge in [0.1, 0.15) is 5.75 Å². The Balaban J connectivity index is 1.77. The first-order valence-corrected chi connectivity index (χ1v) is 8.26. The molecule has 2 aromatic rings. The van der Waals surface area contributed by atoms with Gasteiger partial charge in [-0.3, -0.25) is 9.78 Å². The molecule has 0 spiro atoms. The van der Waals surface area contributed by atoms with E-state index >= 15 is 0 Å². The Morgan fingerprint density at radius 2 is 2.04 bits per heavy atom. The topological polar surface area (TPSA) is 63.6 Å². The van der Waals surface area contributed by atoms with Crippen LogP contribution in [0.3, 0.4) is 0 Å². The van der Waals surface area contributed by atoms with Gasteiger partial charge in [0.15, 0.2) is 0 Å². The van der Waals surface area contributed by atoms with Crippen LogP contribution < -0.4 is 10.2 Å². The van der Waals surface area contributed by atoms with Crippen LogP contribution in [0, 0.1) is 0 Å². The maximum Gasteiger partial charge on any atom is 0.271 e. The molecule has 1 heterocycles. The Kier molecular flexibility index (Phi) is 7.47. The number of hydrogen-bond acceptors (Lipinski definition) is 4. The van der Waals surface area contributed by atoms with E-state index in [9.17, 15) is 4.79 Å². The van der Waals surface area contributed by atoms with Gasteiger partial charge in [0, 0.05) is 23.5 Å². The van der Waals surface area contributed by atoms with Gasteiger partial charge in [-0.25, -0.2) is 5.43 Å². The number of ether oxygens (including phenoxy) is 1. The predicted octanol–water partition coefficient (Wildman–Crippen LogP) is 3.80. The number of benzene rings is 1. The number of carbonyl (C=O) groups excluding carboxylic acids is 1. The third-order valence-corrected chi connectivity index (χ3v) is 3.45. The fourth-order valence-corrected chi connectivity index (χ4v) is 2.10. The van der Waals surface area contributed by atoms with E-state index in [1.807, 2.05) is 12.1 Å². The fourth-order valence-electron chi connectivity index (χ4n) is 2.10. The molecule has 0 unspecified atom stereocenters. The first kappa shape index (κ1) is 17.7.